The van der Waals surface area contributed by atoms with Gasteiger partial charge in [-0.05, 0) is 35.7 Å². The maximum Gasteiger partial charge on any atom is 1.00 e. The third-order valence-corrected chi connectivity index (χ3v) is 2.76. The number of rotatable bonds is 2. The summed E-state index contributed by atoms with van der Waals surface area (Å²) in [5.74, 6) is -1.49. The van der Waals surface area contributed by atoms with Crippen LogP contribution in [0.4, 0.5) is 0 Å². The van der Waals surface area contributed by atoms with E-state index in [4.69, 9.17) is 11.6 Å². The molecule has 0 N–H and O–H groups in total. The third kappa shape index (κ3) is 4.76. The molecule has 0 saturated heterocycles. The molecule has 0 fully saturated rings. The van der Waals surface area contributed by atoms with Gasteiger partial charge in [-0.1, -0.05) is 11.6 Å². The van der Waals surface area contributed by atoms with Crippen LogP contribution in [0.25, 0.3) is 0 Å². The third-order valence-electron chi connectivity index (χ3n) is 1.64. The van der Waals surface area contributed by atoms with E-state index in [-0.39, 0.29) is 74.6 Å². The van der Waals surface area contributed by atoms with Crippen LogP contribution in [0.2, 0.25) is 5.02 Å². The molecule has 0 spiro atoms. The average molecular weight is 279 g/mol. The van der Waals surface area contributed by atoms with Crippen molar-refractivity contribution < 1.29 is 77.8 Å². The molecular formula is C8H5ClNa2O4S. The fourth-order valence-electron chi connectivity index (χ4n) is 0.981. The molecule has 0 aliphatic carbocycles. The van der Waals surface area contributed by atoms with Gasteiger partial charge in [0.05, 0.1) is 11.0 Å². The zero-order chi connectivity index (χ0) is 10.9. The Balaban J connectivity index is 0. The molecule has 16 heavy (non-hydrogen) atoms. The van der Waals surface area contributed by atoms with Crippen LogP contribution in [0.3, 0.4) is 0 Å². The van der Waals surface area contributed by atoms with Crippen LogP contribution >= 0.6 is 11.6 Å². The molecule has 8 heteroatoms. The van der Waals surface area contributed by atoms with Crippen molar-refractivity contribution in [2.75, 3.05) is 0 Å². The molecule has 0 heterocycles. The van der Waals surface area contributed by atoms with Crippen molar-refractivity contribution in [2.45, 2.75) is 11.8 Å². The summed E-state index contributed by atoms with van der Waals surface area (Å²) in [6.45, 7) is 1.52. The van der Waals surface area contributed by atoms with E-state index in [1.807, 2.05) is 0 Å². The van der Waals surface area contributed by atoms with Crippen molar-refractivity contribution >= 4 is 28.7 Å². The second kappa shape index (κ2) is 8.24. The SMILES string of the molecule is Cc1cc(S(=O)[O-])cc(C(=O)[O-])c1Cl.[Na+].[Na+]. The van der Waals surface area contributed by atoms with Crippen molar-refractivity contribution in [1.82, 2.24) is 0 Å². The second-order valence-corrected chi connectivity index (χ2v) is 3.94. The summed E-state index contributed by atoms with van der Waals surface area (Å²) in [5, 5.41) is 10.6. The molecule has 0 bridgehead atoms. The van der Waals surface area contributed by atoms with Crippen LogP contribution < -0.4 is 64.2 Å². The van der Waals surface area contributed by atoms with Gasteiger partial charge in [0, 0.05) is 10.5 Å². The van der Waals surface area contributed by atoms with E-state index in [2.05, 4.69) is 0 Å². The predicted molar refractivity (Wildman–Crippen MR) is 47.7 cm³/mol. The summed E-state index contributed by atoms with van der Waals surface area (Å²) in [7, 11) is 0. The van der Waals surface area contributed by atoms with Crippen LogP contribution in [-0.2, 0) is 11.1 Å². The Kier molecular flexibility index (Phi) is 10.0. The van der Waals surface area contributed by atoms with Gasteiger partial charge in [0.2, 0.25) is 0 Å². The molecule has 0 aliphatic rings. The van der Waals surface area contributed by atoms with Gasteiger partial charge in [-0.15, -0.1) is 0 Å². The van der Waals surface area contributed by atoms with Crippen LogP contribution in [0.5, 0.6) is 0 Å². The van der Waals surface area contributed by atoms with E-state index in [0.717, 1.165) is 6.07 Å². The number of aryl methyl sites for hydroxylation is 1. The van der Waals surface area contributed by atoms with Gasteiger partial charge in [-0.25, -0.2) is 0 Å². The summed E-state index contributed by atoms with van der Waals surface area (Å²) in [5.41, 5.74) is 0.0680. The van der Waals surface area contributed by atoms with Gasteiger partial charge in [-0.3, -0.25) is 4.21 Å². The first-order valence-electron chi connectivity index (χ1n) is 3.54. The minimum absolute atomic E-state index is 0. The largest absolute Gasteiger partial charge is 1.00 e. The standard InChI is InChI=1S/C8H7ClO4S.2Na/c1-4-2-5(14(12)13)3-6(7(4)9)8(10)11;;/h2-3H,1H3,(H,10,11)(H,12,13);;/q;2*+1/p-2. The van der Waals surface area contributed by atoms with Gasteiger partial charge in [0.25, 0.3) is 0 Å². The van der Waals surface area contributed by atoms with Gasteiger partial charge in [0.1, 0.15) is 0 Å². The zero-order valence-corrected chi connectivity index (χ0v) is 14.6. The van der Waals surface area contributed by atoms with Gasteiger partial charge >= 0.3 is 59.1 Å². The fraction of sp³-hybridized carbons (Fsp3) is 0.125. The van der Waals surface area contributed by atoms with E-state index in [9.17, 15) is 18.7 Å². The minimum Gasteiger partial charge on any atom is -0.768 e. The van der Waals surface area contributed by atoms with E-state index in [1.54, 1.807) is 0 Å². The normalized spacial score (nSPS) is 10.9. The first kappa shape index (κ1) is 19.4. The quantitative estimate of drug-likeness (QED) is 0.399. The molecule has 0 saturated carbocycles. The van der Waals surface area contributed by atoms with E-state index < -0.39 is 17.0 Å². The number of hydrogen-bond acceptors (Lipinski definition) is 4. The number of carbonyl (C=O) groups excluding carboxylic acids is 1. The number of carboxylic acids is 1. The molecule has 1 aromatic carbocycles. The Morgan fingerprint density at radius 1 is 1.38 bits per heavy atom. The number of carbonyl (C=O) groups is 1. The number of benzene rings is 1. The predicted octanol–water partition coefficient (Wildman–Crippen LogP) is -5.74. The maximum absolute atomic E-state index is 10.6. The van der Waals surface area contributed by atoms with Gasteiger partial charge in [0.15, 0.2) is 0 Å². The maximum atomic E-state index is 10.6. The molecule has 1 rings (SSSR count). The number of aromatic carboxylic acids is 1. The molecule has 0 amide bonds. The van der Waals surface area contributed by atoms with Crippen molar-refractivity contribution in [1.29, 1.82) is 0 Å². The zero-order valence-electron chi connectivity index (χ0n) is 9.07. The summed E-state index contributed by atoms with van der Waals surface area (Å²) in [6.07, 6.45) is 0. The first-order chi connectivity index (χ1) is 6.43. The Bertz CT molecular complexity index is 425. The summed E-state index contributed by atoms with van der Waals surface area (Å²) >= 11 is 3.17. The van der Waals surface area contributed by atoms with E-state index >= 15 is 0 Å². The monoisotopic (exact) mass is 278 g/mol. The number of halogens is 1. The van der Waals surface area contributed by atoms with Crippen LogP contribution in [-0.4, -0.2) is 14.7 Å². The molecule has 1 atom stereocenters. The van der Waals surface area contributed by atoms with Crippen molar-refractivity contribution in [2.24, 2.45) is 0 Å². The summed E-state index contributed by atoms with van der Waals surface area (Å²) in [4.78, 5) is 10.4. The number of hydrogen-bond donors (Lipinski definition) is 0. The molecule has 1 aromatic rings. The average Bonchev–Trinajstić information content (AvgIpc) is 2.08. The molecule has 0 aromatic heterocycles. The van der Waals surface area contributed by atoms with Crippen LogP contribution in [0, 0.1) is 6.92 Å². The van der Waals surface area contributed by atoms with E-state index in [0.29, 0.717) is 5.56 Å². The molecule has 4 nitrogen and oxygen atoms in total. The smallest absolute Gasteiger partial charge is 0.768 e. The van der Waals surface area contributed by atoms with Crippen LogP contribution in [0.1, 0.15) is 15.9 Å². The number of carboxylic acid groups (broad SMARTS) is 1. The Morgan fingerprint density at radius 3 is 2.25 bits per heavy atom. The molecule has 0 radical (unpaired) electrons. The Hall–Kier alpha value is 1.09. The fourth-order valence-corrected chi connectivity index (χ4v) is 1.65. The first-order valence-corrected chi connectivity index (χ1v) is 4.99. The molecular weight excluding hydrogens is 274 g/mol. The minimum atomic E-state index is -2.47. The van der Waals surface area contributed by atoms with Gasteiger partial charge in [-0.2, -0.15) is 0 Å². The van der Waals surface area contributed by atoms with Crippen LogP contribution in [0.15, 0.2) is 17.0 Å². The molecule has 1 unspecified atom stereocenters. The topological polar surface area (TPSA) is 80.3 Å². The molecule has 0 aliphatic heterocycles. The Morgan fingerprint density at radius 2 is 1.88 bits per heavy atom. The van der Waals surface area contributed by atoms with Crippen molar-refractivity contribution in [3.8, 4) is 0 Å². The Labute approximate surface area is 145 Å². The second-order valence-electron chi connectivity index (χ2n) is 2.62. The molecule has 76 valence electrons. The van der Waals surface area contributed by atoms with E-state index in [1.165, 1.54) is 13.0 Å². The summed E-state index contributed by atoms with van der Waals surface area (Å²) < 4.78 is 21.2. The van der Waals surface area contributed by atoms with Crippen molar-refractivity contribution in [3.05, 3.63) is 28.3 Å². The summed E-state index contributed by atoms with van der Waals surface area (Å²) in [6, 6.07) is 2.26. The van der Waals surface area contributed by atoms with Gasteiger partial charge < -0.3 is 14.5 Å². The van der Waals surface area contributed by atoms with Crippen molar-refractivity contribution in [3.63, 3.8) is 0 Å².